The van der Waals surface area contributed by atoms with E-state index >= 15 is 0 Å². The van der Waals surface area contributed by atoms with Gasteiger partial charge >= 0.3 is 0 Å². The standard InChI is InChI=1S/C24H23N3O2S2/c1-17-8-10-18(11-9-17)15-25-22(28)16-31-24-26-21-7-3-2-6-20(21)23(29)27(24)13-12-19-5-4-14-30-19/h2-11,14H,12-13,15-16H2,1H3,(H,25,28). The number of para-hydroxylation sites is 1. The van der Waals surface area contributed by atoms with Crippen LogP contribution in [0.4, 0.5) is 0 Å². The molecule has 0 saturated heterocycles. The first-order valence-electron chi connectivity index (χ1n) is 10.1. The number of aromatic nitrogens is 2. The van der Waals surface area contributed by atoms with Crippen molar-refractivity contribution >= 4 is 39.9 Å². The molecule has 2 heterocycles. The van der Waals surface area contributed by atoms with Crippen molar-refractivity contribution in [1.29, 1.82) is 0 Å². The summed E-state index contributed by atoms with van der Waals surface area (Å²) in [5, 5.41) is 6.15. The van der Waals surface area contributed by atoms with Crippen molar-refractivity contribution in [1.82, 2.24) is 14.9 Å². The second-order valence-electron chi connectivity index (χ2n) is 7.25. The van der Waals surface area contributed by atoms with Crippen molar-refractivity contribution < 1.29 is 4.79 Å². The molecule has 0 bridgehead atoms. The third-order valence-electron chi connectivity index (χ3n) is 4.93. The summed E-state index contributed by atoms with van der Waals surface area (Å²) in [5.74, 6) is 0.119. The monoisotopic (exact) mass is 449 g/mol. The molecule has 2 aromatic carbocycles. The second-order valence-corrected chi connectivity index (χ2v) is 9.22. The van der Waals surface area contributed by atoms with Crippen molar-refractivity contribution in [3.8, 4) is 0 Å². The third kappa shape index (κ3) is 5.42. The molecule has 0 radical (unpaired) electrons. The van der Waals surface area contributed by atoms with Crippen LogP contribution < -0.4 is 10.9 Å². The van der Waals surface area contributed by atoms with Crippen LogP contribution in [-0.4, -0.2) is 21.2 Å². The minimum atomic E-state index is -0.0854. The summed E-state index contributed by atoms with van der Waals surface area (Å²) >= 11 is 2.98. The topological polar surface area (TPSA) is 64.0 Å². The van der Waals surface area contributed by atoms with Gasteiger partial charge < -0.3 is 5.32 Å². The zero-order valence-corrected chi connectivity index (χ0v) is 18.8. The minimum absolute atomic E-state index is 0.0651. The van der Waals surface area contributed by atoms with E-state index in [2.05, 4.69) is 16.4 Å². The number of benzene rings is 2. The average Bonchev–Trinajstić information content (AvgIpc) is 3.30. The summed E-state index contributed by atoms with van der Waals surface area (Å²) in [6.45, 7) is 3.05. The van der Waals surface area contributed by atoms with E-state index in [1.54, 1.807) is 22.0 Å². The smallest absolute Gasteiger partial charge is 0.262 e. The quantitative estimate of drug-likeness (QED) is 0.320. The number of amides is 1. The molecule has 2 aromatic heterocycles. The van der Waals surface area contributed by atoms with Gasteiger partial charge in [-0.25, -0.2) is 4.98 Å². The van der Waals surface area contributed by atoms with Crippen molar-refractivity contribution in [2.75, 3.05) is 5.75 Å². The molecule has 0 aliphatic heterocycles. The predicted octanol–water partition coefficient (Wildman–Crippen LogP) is 4.42. The van der Waals surface area contributed by atoms with Crippen LogP contribution >= 0.6 is 23.1 Å². The van der Waals surface area contributed by atoms with Crippen LogP contribution in [0.2, 0.25) is 0 Å². The normalized spacial score (nSPS) is 11.0. The van der Waals surface area contributed by atoms with Gasteiger partial charge in [0.1, 0.15) is 0 Å². The van der Waals surface area contributed by atoms with Crippen LogP contribution in [0.5, 0.6) is 0 Å². The maximum atomic E-state index is 13.1. The number of thioether (sulfide) groups is 1. The Morgan fingerprint density at radius 2 is 1.90 bits per heavy atom. The summed E-state index contributed by atoms with van der Waals surface area (Å²) in [5.41, 5.74) is 2.83. The van der Waals surface area contributed by atoms with Gasteiger partial charge in [-0.15, -0.1) is 11.3 Å². The first-order valence-corrected chi connectivity index (χ1v) is 11.9. The van der Waals surface area contributed by atoms with Crippen LogP contribution in [0.1, 0.15) is 16.0 Å². The molecule has 0 aliphatic carbocycles. The molecule has 7 heteroatoms. The van der Waals surface area contributed by atoms with Crippen molar-refractivity contribution in [3.63, 3.8) is 0 Å². The highest BCUT2D eigenvalue weighted by Crippen LogP contribution is 2.19. The van der Waals surface area contributed by atoms with E-state index in [-0.39, 0.29) is 17.2 Å². The number of aryl methyl sites for hydroxylation is 2. The largest absolute Gasteiger partial charge is 0.351 e. The molecule has 5 nitrogen and oxygen atoms in total. The molecule has 31 heavy (non-hydrogen) atoms. The van der Waals surface area contributed by atoms with Crippen LogP contribution in [0.15, 0.2) is 76.0 Å². The molecule has 4 aromatic rings. The summed E-state index contributed by atoms with van der Waals surface area (Å²) in [4.78, 5) is 31.4. The molecule has 4 rings (SSSR count). The van der Waals surface area contributed by atoms with Crippen LogP contribution in [0.3, 0.4) is 0 Å². The van der Waals surface area contributed by atoms with E-state index in [9.17, 15) is 9.59 Å². The second kappa shape index (κ2) is 9.94. The number of hydrogen-bond donors (Lipinski definition) is 1. The van der Waals surface area contributed by atoms with Crippen molar-refractivity contribution in [2.45, 2.75) is 31.6 Å². The lowest BCUT2D eigenvalue weighted by Gasteiger charge is -2.13. The lowest BCUT2D eigenvalue weighted by molar-refractivity contribution is -0.118. The average molecular weight is 450 g/mol. The highest BCUT2D eigenvalue weighted by molar-refractivity contribution is 7.99. The SMILES string of the molecule is Cc1ccc(CNC(=O)CSc2nc3ccccc3c(=O)n2CCc2cccs2)cc1. The van der Waals surface area contributed by atoms with Gasteiger partial charge in [0.15, 0.2) is 5.16 Å². The molecule has 158 valence electrons. The fraction of sp³-hybridized carbons (Fsp3) is 0.208. The summed E-state index contributed by atoms with van der Waals surface area (Å²) in [6.07, 6.45) is 0.755. The number of fused-ring (bicyclic) bond motifs is 1. The highest BCUT2D eigenvalue weighted by Gasteiger charge is 2.13. The number of carbonyl (C=O) groups is 1. The van der Waals surface area contributed by atoms with Crippen LogP contribution in [-0.2, 0) is 24.3 Å². The minimum Gasteiger partial charge on any atom is -0.351 e. The molecule has 0 spiro atoms. The zero-order valence-electron chi connectivity index (χ0n) is 17.2. The number of nitrogens with one attached hydrogen (secondary N) is 1. The molecule has 0 saturated carbocycles. The number of rotatable bonds is 8. The van der Waals surface area contributed by atoms with Gasteiger partial charge in [0.2, 0.25) is 5.91 Å². The van der Waals surface area contributed by atoms with Gasteiger partial charge in [0, 0.05) is 18.0 Å². The maximum absolute atomic E-state index is 13.1. The Morgan fingerprint density at radius 3 is 2.68 bits per heavy atom. The maximum Gasteiger partial charge on any atom is 0.262 e. The highest BCUT2D eigenvalue weighted by atomic mass is 32.2. The number of thiophene rings is 1. The van der Waals surface area contributed by atoms with E-state index in [0.29, 0.717) is 29.1 Å². The van der Waals surface area contributed by atoms with E-state index < -0.39 is 0 Å². The van der Waals surface area contributed by atoms with Crippen molar-refractivity contribution in [3.05, 3.63) is 92.4 Å². The van der Waals surface area contributed by atoms with E-state index in [1.807, 2.05) is 60.8 Å². The van der Waals surface area contributed by atoms with Gasteiger partial charge in [0.05, 0.1) is 16.7 Å². The molecular weight excluding hydrogens is 426 g/mol. The van der Waals surface area contributed by atoms with E-state index in [1.165, 1.54) is 22.2 Å². The van der Waals surface area contributed by atoms with Gasteiger partial charge in [-0.2, -0.15) is 0 Å². The fourth-order valence-corrected chi connectivity index (χ4v) is 4.77. The van der Waals surface area contributed by atoms with Crippen LogP contribution in [0, 0.1) is 6.92 Å². The number of carbonyl (C=O) groups excluding carboxylic acids is 1. The lowest BCUT2D eigenvalue weighted by Crippen LogP contribution is -2.27. The molecule has 0 aliphatic rings. The predicted molar refractivity (Wildman–Crippen MR) is 128 cm³/mol. The number of hydrogen-bond acceptors (Lipinski definition) is 5. The van der Waals surface area contributed by atoms with Crippen LogP contribution in [0.25, 0.3) is 10.9 Å². The van der Waals surface area contributed by atoms with Gasteiger partial charge in [0.25, 0.3) is 5.56 Å². The molecule has 1 amide bonds. The molecule has 0 atom stereocenters. The first kappa shape index (κ1) is 21.3. The Morgan fingerprint density at radius 1 is 1.10 bits per heavy atom. The van der Waals surface area contributed by atoms with Gasteiger partial charge in [-0.1, -0.05) is 59.8 Å². The Kier molecular flexibility index (Phi) is 6.84. The van der Waals surface area contributed by atoms with Gasteiger partial charge in [-0.05, 0) is 42.5 Å². The summed E-state index contributed by atoms with van der Waals surface area (Å²) in [6, 6.07) is 19.5. The fourth-order valence-electron chi connectivity index (χ4n) is 3.22. The third-order valence-corrected chi connectivity index (χ3v) is 6.84. The van der Waals surface area contributed by atoms with Gasteiger partial charge in [-0.3, -0.25) is 14.2 Å². The Bertz CT molecular complexity index is 1230. The summed E-state index contributed by atoms with van der Waals surface area (Å²) in [7, 11) is 0. The lowest BCUT2D eigenvalue weighted by atomic mass is 10.1. The molecule has 0 fully saturated rings. The van der Waals surface area contributed by atoms with E-state index in [0.717, 1.165) is 12.0 Å². The number of nitrogens with zero attached hydrogens (tertiary/aromatic N) is 2. The van der Waals surface area contributed by atoms with Crippen molar-refractivity contribution in [2.24, 2.45) is 0 Å². The molecular formula is C24H23N3O2S2. The zero-order chi connectivity index (χ0) is 21.6. The summed E-state index contributed by atoms with van der Waals surface area (Å²) < 4.78 is 1.69. The Labute approximate surface area is 189 Å². The Hall–Kier alpha value is -2.90. The first-order chi connectivity index (χ1) is 15.1. The Balaban J connectivity index is 1.48. The molecule has 0 unspecified atom stereocenters. The molecule has 1 N–H and O–H groups in total. The van der Waals surface area contributed by atoms with E-state index in [4.69, 9.17) is 0 Å².